The Balaban J connectivity index is 1.65. The van der Waals surface area contributed by atoms with Crippen molar-refractivity contribution in [2.45, 2.75) is 69.7 Å². The summed E-state index contributed by atoms with van der Waals surface area (Å²) in [5.41, 5.74) is 9.82. The van der Waals surface area contributed by atoms with Crippen LogP contribution in [0.2, 0.25) is 0 Å². The van der Waals surface area contributed by atoms with E-state index in [0.717, 1.165) is 18.0 Å². The molecule has 0 atom stereocenters. The summed E-state index contributed by atoms with van der Waals surface area (Å²) in [7, 11) is 0. The van der Waals surface area contributed by atoms with Gasteiger partial charge in [-0.1, -0.05) is 12.8 Å². The molecule has 0 unspecified atom stereocenters. The lowest BCUT2D eigenvalue weighted by Gasteiger charge is -2.50. The first-order valence-corrected chi connectivity index (χ1v) is 9.38. The average molecular weight is 310 g/mol. The van der Waals surface area contributed by atoms with E-state index in [-0.39, 0.29) is 5.54 Å². The highest BCUT2D eigenvalue weighted by atomic mass is 16.2. The molecule has 3 heteroatoms. The Labute approximate surface area is 138 Å². The number of nitrogens with zero attached hydrogens (tertiary/aromatic N) is 1. The van der Waals surface area contributed by atoms with Gasteiger partial charge >= 0.3 is 0 Å². The molecule has 23 heavy (non-hydrogen) atoms. The molecule has 0 spiro atoms. The molecule has 3 nitrogen and oxygen atoms in total. The Morgan fingerprint density at radius 3 is 2.43 bits per heavy atom. The van der Waals surface area contributed by atoms with E-state index in [2.05, 4.69) is 17.0 Å². The highest BCUT2D eigenvalue weighted by Crippen LogP contribution is 2.72. The number of benzene rings is 1. The molecular formula is C20H26N2O. The lowest BCUT2D eigenvalue weighted by molar-refractivity contribution is -0.121. The Hall–Kier alpha value is -1.51. The third kappa shape index (κ3) is 1.79. The van der Waals surface area contributed by atoms with E-state index in [1.165, 1.54) is 62.6 Å². The maximum Gasteiger partial charge on any atom is 0.227 e. The zero-order valence-electron chi connectivity index (χ0n) is 13.8. The highest BCUT2D eigenvalue weighted by Gasteiger charge is 2.68. The largest absolute Gasteiger partial charge is 0.399 e. The SMILES string of the molecule is Nc1ccc2c(c1)CCC(=O)N2C1(C2(C3CC3)CC2)CCCC1. The van der Waals surface area contributed by atoms with E-state index in [1.807, 2.05) is 6.07 Å². The lowest BCUT2D eigenvalue weighted by Crippen LogP contribution is -2.58. The van der Waals surface area contributed by atoms with Crippen molar-refractivity contribution in [3.05, 3.63) is 23.8 Å². The molecule has 3 fully saturated rings. The molecule has 1 aliphatic heterocycles. The van der Waals surface area contributed by atoms with Gasteiger partial charge in [0.25, 0.3) is 0 Å². The summed E-state index contributed by atoms with van der Waals surface area (Å²) in [5.74, 6) is 1.24. The van der Waals surface area contributed by atoms with E-state index in [9.17, 15) is 4.79 Å². The van der Waals surface area contributed by atoms with Crippen LogP contribution in [0.5, 0.6) is 0 Å². The van der Waals surface area contributed by atoms with Gasteiger partial charge in [-0.25, -0.2) is 0 Å². The standard InChI is InChI=1S/C20H26N2O/c21-16-6-7-17-14(13-16)3-8-18(23)22(17)20(9-1-2-10-20)19(11-12-19)15-4-5-15/h6-7,13,15H,1-5,8-12,21H2. The number of anilines is 2. The Bertz CT molecular complexity index is 666. The summed E-state index contributed by atoms with van der Waals surface area (Å²) in [6, 6.07) is 6.18. The normalized spacial score (nSPS) is 27.8. The van der Waals surface area contributed by atoms with Gasteiger partial charge in [-0.2, -0.15) is 0 Å². The number of nitrogens with two attached hydrogens (primary N) is 1. The van der Waals surface area contributed by atoms with Gasteiger partial charge in [-0.05, 0) is 80.0 Å². The molecule has 2 N–H and O–H groups in total. The molecule has 1 heterocycles. The summed E-state index contributed by atoms with van der Waals surface area (Å²) in [6.45, 7) is 0. The van der Waals surface area contributed by atoms with Gasteiger partial charge in [0.1, 0.15) is 0 Å². The van der Waals surface area contributed by atoms with Crippen molar-refractivity contribution in [3.63, 3.8) is 0 Å². The number of carbonyl (C=O) groups is 1. The molecule has 4 aliphatic rings. The van der Waals surface area contributed by atoms with Crippen molar-refractivity contribution in [2.24, 2.45) is 11.3 Å². The lowest BCUT2D eigenvalue weighted by atomic mass is 9.73. The van der Waals surface area contributed by atoms with Gasteiger partial charge in [0.15, 0.2) is 0 Å². The minimum atomic E-state index is 0.108. The van der Waals surface area contributed by atoms with Gasteiger partial charge in [0.05, 0.1) is 5.54 Å². The molecule has 3 saturated carbocycles. The summed E-state index contributed by atoms with van der Waals surface area (Å²) >= 11 is 0. The smallest absolute Gasteiger partial charge is 0.227 e. The van der Waals surface area contributed by atoms with E-state index < -0.39 is 0 Å². The molecule has 1 aromatic rings. The third-order valence-electron chi connectivity index (χ3n) is 7.14. The molecule has 0 radical (unpaired) electrons. The zero-order valence-corrected chi connectivity index (χ0v) is 13.8. The van der Waals surface area contributed by atoms with Crippen LogP contribution in [0.1, 0.15) is 63.4 Å². The summed E-state index contributed by atoms with van der Waals surface area (Å²) in [6.07, 6.45) is 11.9. The van der Waals surface area contributed by atoms with Crippen molar-refractivity contribution < 1.29 is 4.79 Å². The van der Waals surface area contributed by atoms with E-state index >= 15 is 0 Å². The predicted octanol–water partition coefficient (Wildman–Crippen LogP) is 4.05. The van der Waals surface area contributed by atoms with Crippen LogP contribution in [0.4, 0.5) is 11.4 Å². The quantitative estimate of drug-likeness (QED) is 0.856. The summed E-state index contributed by atoms with van der Waals surface area (Å²) in [4.78, 5) is 15.3. The first kappa shape index (κ1) is 13.9. The minimum Gasteiger partial charge on any atom is -0.399 e. The van der Waals surface area contributed by atoms with Crippen molar-refractivity contribution >= 4 is 17.3 Å². The van der Waals surface area contributed by atoms with Gasteiger partial charge in [0.2, 0.25) is 5.91 Å². The Kier molecular flexibility index (Phi) is 2.73. The number of hydrogen-bond donors (Lipinski definition) is 1. The molecule has 1 aromatic carbocycles. The van der Waals surface area contributed by atoms with Crippen LogP contribution < -0.4 is 10.6 Å². The molecule has 5 rings (SSSR count). The monoisotopic (exact) mass is 310 g/mol. The van der Waals surface area contributed by atoms with Crippen LogP contribution in [0.15, 0.2) is 18.2 Å². The number of rotatable bonds is 3. The van der Waals surface area contributed by atoms with E-state index in [1.54, 1.807) is 0 Å². The van der Waals surface area contributed by atoms with Crippen molar-refractivity contribution in [3.8, 4) is 0 Å². The maximum absolute atomic E-state index is 13.0. The second-order valence-corrected chi connectivity index (χ2v) is 8.29. The fourth-order valence-corrected chi connectivity index (χ4v) is 5.91. The zero-order chi connectivity index (χ0) is 15.7. The number of amides is 1. The number of hydrogen-bond acceptors (Lipinski definition) is 2. The molecule has 1 amide bonds. The van der Waals surface area contributed by atoms with Gasteiger partial charge < -0.3 is 10.6 Å². The van der Waals surface area contributed by atoms with Gasteiger partial charge in [-0.3, -0.25) is 4.79 Å². The first-order valence-electron chi connectivity index (χ1n) is 9.38. The number of nitrogen functional groups attached to an aromatic ring is 1. The van der Waals surface area contributed by atoms with Crippen LogP contribution in [0.25, 0.3) is 0 Å². The van der Waals surface area contributed by atoms with Gasteiger partial charge in [-0.15, -0.1) is 0 Å². The molecule has 122 valence electrons. The van der Waals surface area contributed by atoms with Crippen LogP contribution >= 0.6 is 0 Å². The summed E-state index contributed by atoms with van der Waals surface area (Å²) < 4.78 is 0. The van der Waals surface area contributed by atoms with Crippen molar-refractivity contribution in [1.82, 2.24) is 0 Å². The number of fused-ring (bicyclic) bond motifs is 1. The predicted molar refractivity (Wildman–Crippen MR) is 92.3 cm³/mol. The molecule has 0 bridgehead atoms. The fraction of sp³-hybridized carbons (Fsp3) is 0.650. The average Bonchev–Trinajstić information content (AvgIpc) is 3.45. The van der Waals surface area contributed by atoms with Crippen LogP contribution in [-0.4, -0.2) is 11.4 Å². The first-order chi connectivity index (χ1) is 11.2. The van der Waals surface area contributed by atoms with E-state index in [4.69, 9.17) is 5.73 Å². The highest BCUT2D eigenvalue weighted by molar-refractivity contribution is 5.98. The molecule has 0 saturated heterocycles. The number of carbonyl (C=O) groups excluding carboxylic acids is 1. The Morgan fingerprint density at radius 1 is 1.04 bits per heavy atom. The molecular weight excluding hydrogens is 284 g/mol. The molecule has 3 aliphatic carbocycles. The second-order valence-electron chi connectivity index (χ2n) is 8.29. The minimum absolute atomic E-state index is 0.108. The second kappa shape index (κ2) is 4.52. The van der Waals surface area contributed by atoms with Crippen LogP contribution in [-0.2, 0) is 11.2 Å². The summed E-state index contributed by atoms with van der Waals surface area (Å²) in [5, 5.41) is 0. The Morgan fingerprint density at radius 2 is 1.78 bits per heavy atom. The van der Waals surface area contributed by atoms with Crippen molar-refractivity contribution in [2.75, 3.05) is 10.6 Å². The molecule has 0 aromatic heterocycles. The van der Waals surface area contributed by atoms with Crippen LogP contribution in [0, 0.1) is 11.3 Å². The van der Waals surface area contributed by atoms with Crippen molar-refractivity contribution in [1.29, 1.82) is 0 Å². The van der Waals surface area contributed by atoms with Crippen LogP contribution in [0.3, 0.4) is 0 Å². The topological polar surface area (TPSA) is 46.3 Å². The third-order valence-corrected chi connectivity index (χ3v) is 7.14. The van der Waals surface area contributed by atoms with E-state index in [0.29, 0.717) is 17.7 Å². The maximum atomic E-state index is 13.0. The number of aryl methyl sites for hydroxylation is 1. The fourth-order valence-electron chi connectivity index (χ4n) is 5.91. The van der Waals surface area contributed by atoms with Gasteiger partial charge in [0, 0.05) is 17.8 Å².